The van der Waals surface area contributed by atoms with Gasteiger partial charge in [-0.05, 0) is 47.9 Å². The van der Waals surface area contributed by atoms with Crippen LogP contribution in [0.1, 0.15) is 28.2 Å². The molecule has 4 aromatic rings. The molecule has 10 heteroatoms. The van der Waals surface area contributed by atoms with E-state index in [1.807, 2.05) is 53.3 Å². The van der Waals surface area contributed by atoms with E-state index >= 15 is 0 Å². The number of benzene rings is 3. The molecule has 3 aromatic carbocycles. The van der Waals surface area contributed by atoms with Gasteiger partial charge in [-0.25, -0.2) is 18.1 Å². The highest BCUT2D eigenvalue weighted by Crippen LogP contribution is 2.27. The number of amides is 1. The van der Waals surface area contributed by atoms with Gasteiger partial charge in [0.2, 0.25) is 0 Å². The van der Waals surface area contributed by atoms with Crippen LogP contribution in [-0.2, 0) is 28.0 Å². The minimum Gasteiger partial charge on any atom is -0.489 e. The molecule has 0 unspecified atom stereocenters. The zero-order chi connectivity index (χ0) is 27.8. The second kappa shape index (κ2) is 12.8. The van der Waals surface area contributed by atoms with Crippen LogP contribution in [0.5, 0.6) is 5.75 Å². The molecule has 1 amide bonds. The number of carbonyl (C=O) groups is 1. The van der Waals surface area contributed by atoms with Crippen molar-refractivity contribution in [2.75, 3.05) is 0 Å². The summed E-state index contributed by atoms with van der Waals surface area (Å²) in [6.45, 7) is 2.51. The number of nitrogens with one attached hydrogen (secondary N) is 1. The lowest BCUT2D eigenvalue weighted by Crippen LogP contribution is -2.26. The Morgan fingerprint density at radius 2 is 1.69 bits per heavy atom. The molecule has 39 heavy (non-hydrogen) atoms. The van der Waals surface area contributed by atoms with Crippen molar-refractivity contribution in [3.63, 3.8) is 0 Å². The molecule has 0 aliphatic carbocycles. The molecule has 0 saturated heterocycles. The quantitative estimate of drug-likeness (QED) is 0.223. The van der Waals surface area contributed by atoms with Crippen molar-refractivity contribution in [2.24, 2.45) is 0 Å². The predicted molar refractivity (Wildman–Crippen MR) is 155 cm³/mol. The number of aryl methyl sites for hydroxylation is 1. The van der Waals surface area contributed by atoms with E-state index in [1.54, 1.807) is 41.8 Å². The SMILES string of the molecule is Cc1nc(Cl)c(/C=C/C(=O)NS(=O)(=O)/C=C/c2ccccc2)n1Cc1ccc(OCc2ccccc2)cc1Cl. The van der Waals surface area contributed by atoms with Gasteiger partial charge in [-0.2, -0.15) is 0 Å². The van der Waals surface area contributed by atoms with E-state index in [-0.39, 0.29) is 5.15 Å². The topological polar surface area (TPSA) is 90.3 Å². The Balaban J connectivity index is 1.44. The zero-order valence-corrected chi connectivity index (χ0v) is 23.2. The Morgan fingerprint density at radius 3 is 2.38 bits per heavy atom. The monoisotopic (exact) mass is 581 g/mol. The maximum atomic E-state index is 12.4. The van der Waals surface area contributed by atoms with Crippen LogP contribution in [0, 0.1) is 6.92 Å². The van der Waals surface area contributed by atoms with Crippen molar-refractivity contribution >= 4 is 51.3 Å². The van der Waals surface area contributed by atoms with E-state index in [9.17, 15) is 13.2 Å². The van der Waals surface area contributed by atoms with Gasteiger partial charge in [0, 0.05) is 11.1 Å². The first-order chi connectivity index (χ1) is 18.7. The van der Waals surface area contributed by atoms with E-state index in [0.717, 1.165) is 22.6 Å². The van der Waals surface area contributed by atoms with Gasteiger partial charge in [-0.1, -0.05) is 89.9 Å². The van der Waals surface area contributed by atoms with E-state index in [2.05, 4.69) is 4.98 Å². The van der Waals surface area contributed by atoms with Crippen molar-refractivity contribution in [1.29, 1.82) is 0 Å². The van der Waals surface area contributed by atoms with Crippen LogP contribution < -0.4 is 9.46 Å². The lowest BCUT2D eigenvalue weighted by Gasteiger charge is -2.12. The molecule has 0 saturated carbocycles. The number of aromatic nitrogens is 2. The van der Waals surface area contributed by atoms with Crippen LogP contribution in [-0.4, -0.2) is 23.9 Å². The average Bonchev–Trinajstić information content (AvgIpc) is 3.18. The van der Waals surface area contributed by atoms with Crippen molar-refractivity contribution in [2.45, 2.75) is 20.1 Å². The molecule has 1 N–H and O–H groups in total. The van der Waals surface area contributed by atoms with Gasteiger partial charge < -0.3 is 9.30 Å². The summed E-state index contributed by atoms with van der Waals surface area (Å²) < 4.78 is 34.2. The minimum absolute atomic E-state index is 0.169. The standard InChI is InChI=1S/C29H25Cl2N3O4S/c1-21-32-29(31)27(14-15-28(35)33-39(36,37)17-16-22-8-4-2-5-9-22)34(21)19-24-12-13-25(18-26(24)30)38-20-23-10-6-3-7-11-23/h2-18H,19-20H2,1H3,(H,33,35)/b15-14+,17-16+. The molecule has 7 nitrogen and oxygen atoms in total. The summed E-state index contributed by atoms with van der Waals surface area (Å²) in [6, 6.07) is 24.1. The smallest absolute Gasteiger partial charge is 0.257 e. The highest BCUT2D eigenvalue weighted by atomic mass is 35.5. The largest absolute Gasteiger partial charge is 0.489 e. The number of hydrogen-bond acceptors (Lipinski definition) is 5. The van der Waals surface area contributed by atoms with E-state index < -0.39 is 15.9 Å². The van der Waals surface area contributed by atoms with Crippen molar-refractivity contribution in [1.82, 2.24) is 14.3 Å². The molecule has 0 aliphatic heterocycles. The first-order valence-corrected chi connectivity index (χ1v) is 14.2. The van der Waals surface area contributed by atoms with Gasteiger partial charge in [-0.3, -0.25) is 4.79 Å². The van der Waals surface area contributed by atoms with Gasteiger partial charge in [0.05, 0.1) is 17.6 Å². The normalized spacial score (nSPS) is 11.8. The maximum absolute atomic E-state index is 12.4. The minimum atomic E-state index is -4.00. The van der Waals surface area contributed by atoms with Crippen LogP contribution >= 0.6 is 23.2 Å². The lowest BCUT2D eigenvalue weighted by molar-refractivity contribution is -0.114. The van der Waals surface area contributed by atoms with E-state index in [0.29, 0.717) is 41.0 Å². The Bertz CT molecular complexity index is 1620. The summed E-state index contributed by atoms with van der Waals surface area (Å²) in [5, 5.41) is 1.60. The molecule has 4 rings (SSSR count). The number of halogens is 2. The molecule has 1 aromatic heterocycles. The second-order valence-corrected chi connectivity index (χ2v) is 10.8. The summed E-state index contributed by atoms with van der Waals surface area (Å²) in [5.74, 6) is 0.401. The fraction of sp³-hybridized carbons (Fsp3) is 0.103. The highest BCUT2D eigenvalue weighted by molar-refractivity contribution is 7.93. The van der Waals surface area contributed by atoms with Crippen molar-refractivity contribution in [3.05, 3.63) is 129 Å². The Hall–Kier alpha value is -3.85. The van der Waals surface area contributed by atoms with Gasteiger partial charge in [-0.15, -0.1) is 0 Å². The number of nitrogens with zero attached hydrogens (tertiary/aromatic N) is 2. The van der Waals surface area contributed by atoms with Crippen molar-refractivity contribution < 1.29 is 17.9 Å². The molecule has 200 valence electrons. The van der Waals surface area contributed by atoms with Crippen LogP contribution in [0.25, 0.3) is 12.2 Å². The third-order valence-electron chi connectivity index (χ3n) is 5.63. The fourth-order valence-electron chi connectivity index (χ4n) is 3.66. The summed E-state index contributed by atoms with van der Waals surface area (Å²) in [7, 11) is -4.00. The number of sulfonamides is 1. The Kier molecular flexibility index (Phi) is 9.24. The summed E-state index contributed by atoms with van der Waals surface area (Å²) in [6.07, 6.45) is 3.91. The number of ether oxygens (including phenoxy) is 1. The second-order valence-electron chi connectivity index (χ2n) is 8.51. The third-order valence-corrected chi connectivity index (χ3v) is 7.24. The Labute approximate surface area is 237 Å². The highest BCUT2D eigenvalue weighted by Gasteiger charge is 2.15. The Morgan fingerprint density at radius 1 is 1.00 bits per heavy atom. The predicted octanol–water partition coefficient (Wildman–Crippen LogP) is 6.26. The molecule has 0 aliphatic rings. The van der Waals surface area contributed by atoms with Crippen LogP contribution in [0.3, 0.4) is 0 Å². The molecular weight excluding hydrogens is 557 g/mol. The van der Waals surface area contributed by atoms with E-state index in [1.165, 1.54) is 12.2 Å². The van der Waals surface area contributed by atoms with Gasteiger partial charge in [0.15, 0.2) is 5.15 Å². The fourth-order valence-corrected chi connectivity index (χ4v) is 4.93. The third kappa shape index (κ3) is 8.07. The molecule has 0 fully saturated rings. The first kappa shape index (κ1) is 28.2. The number of imidazole rings is 1. The lowest BCUT2D eigenvalue weighted by atomic mass is 10.2. The summed E-state index contributed by atoms with van der Waals surface area (Å²) in [5.41, 5.74) is 2.95. The zero-order valence-electron chi connectivity index (χ0n) is 20.9. The molecule has 0 spiro atoms. The van der Waals surface area contributed by atoms with Crippen molar-refractivity contribution in [3.8, 4) is 5.75 Å². The maximum Gasteiger partial charge on any atom is 0.257 e. The average molecular weight is 583 g/mol. The van der Waals surface area contributed by atoms with Gasteiger partial charge >= 0.3 is 0 Å². The van der Waals surface area contributed by atoms with E-state index in [4.69, 9.17) is 27.9 Å². The van der Waals surface area contributed by atoms with Gasteiger partial charge in [0.1, 0.15) is 18.2 Å². The molecular formula is C29H25Cl2N3O4S. The number of carbonyl (C=O) groups excluding carboxylic acids is 1. The molecule has 1 heterocycles. The van der Waals surface area contributed by atoms with Crippen LogP contribution in [0.4, 0.5) is 0 Å². The summed E-state index contributed by atoms with van der Waals surface area (Å²) in [4.78, 5) is 16.6. The molecule has 0 atom stereocenters. The number of hydrogen-bond donors (Lipinski definition) is 1. The molecule has 0 radical (unpaired) electrons. The van der Waals surface area contributed by atoms with Crippen LogP contribution in [0.2, 0.25) is 10.2 Å². The first-order valence-electron chi connectivity index (χ1n) is 11.9. The van der Waals surface area contributed by atoms with Crippen LogP contribution in [0.15, 0.2) is 90.3 Å². The van der Waals surface area contributed by atoms with Gasteiger partial charge in [0.25, 0.3) is 15.9 Å². The summed E-state index contributed by atoms with van der Waals surface area (Å²) >= 11 is 12.9. The molecule has 0 bridgehead atoms. The number of rotatable bonds is 10.